The van der Waals surface area contributed by atoms with Gasteiger partial charge in [-0.15, -0.1) is 0 Å². The summed E-state index contributed by atoms with van der Waals surface area (Å²) < 4.78 is 22.5. The van der Waals surface area contributed by atoms with Gasteiger partial charge in [0.2, 0.25) is 5.95 Å². The molecule has 2 saturated heterocycles. The number of methoxy groups -OCH3 is 1. The van der Waals surface area contributed by atoms with Crippen LogP contribution in [0.4, 0.5) is 16.4 Å². The molecule has 32 heavy (non-hydrogen) atoms. The van der Waals surface area contributed by atoms with Crippen molar-refractivity contribution in [1.82, 2.24) is 15.3 Å². The molecule has 166 valence electrons. The van der Waals surface area contributed by atoms with E-state index in [9.17, 15) is 4.79 Å². The minimum Gasteiger partial charge on any atom is -0.497 e. The Bertz CT molecular complexity index is 1080. The molecule has 3 N–H and O–H groups in total. The fourth-order valence-corrected chi connectivity index (χ4v) is 3.94. The lowest BCUT2D eigenvalue weighted by Crippen LogP contribution is -2.46. The number of hydrogen-bond donors (Lipinski definition) is 3. The molecule has 1 aromatic carbocycles. The molecule has 4 atom stereocenters. The molecule has 2 amide bonds. The maximum absolute atomic E-state index is 12.5. The molecule has 2 aliphatic rings. The van der Waals surface area contributed by atoms with Gasteiger partial charge in [0.05, 0.1) is 38.7 Å². The normalized spacial score (nSPS) is 24.0. The standard InChI is InChI=1S/C22H23N5O5/c1-29-14-5-2-4-13(10-14)24-22(28)27-17-12-32-19-16(11-31-20(17)19)26-21-23-8-7-15(25-21)18-6-3-9-30-18/h2-10,16-17,19-20H,11-12H2,1H3,(H,23,25,26)(H2,24,27,28). The van der Waals surface area contributed by atoms with E-state index in [1.165, 1.54) is 0 Å². The zero-order valence-corrected chi connectivity index (χ0v) is 17.4. The monoisotopic (exact) mass is 437 g/mol. The van der Waals surface area contributed by atoms with Crippen LogP contribution in [0.5, 0.6) is 5.75 Å². The Hall–Kier alpha value is -3.63. The van der Waals surface area contributed by atoms with Gasteiger partial charge in [-0.2, -0.15) is 0 Å². The zero-order valence-electron chi connectivity index (χ0n) is 17.4. The smallest absolute Gasteiger partial charge is 0.319 e. The van der Waals surface area contributed by atoms with Crippen LogP contribution in [0.2, 0.25) is 0 Å². The lowest BCUT2D eigenvalue weighted by molar-refractivity contribution is 0.0683. The molecule has 0 saturated carbocycles. The Balaban J connectivity index is 1.18. The van der Waals surface area contributed by atoms with Gasteiger partial charge in [-0.3, -0.25) is 0 Å². The van der Waals surface area contributed by atoms with Crippen molar-refractivity contribution in [1.29, 1.82) is 0 Å². The highest BCUT2D eigenvalue weighted by atomic mass is 16.6. The van der Waals surface area contributed by atoms with Gasteiger partial charge in [-0.25, -0.2) is 14.8 Å². The highest BCUT2D eigenvalue weighted by molar-refractivity contribution is 5.89. The molecule has 2 aromatic heterocycles. The second-order valence-corrected chi connectivity index (χ2v) is 7.53. The van der Waals surface area contributed by atoms with Crippen LogP contribution >= 0.6 is 0 Å². The molecule has 3 aromatic rings. The number of fused-ring (bicyclic) bond motifs is 1. The van der Waals surface area contributed by atoms with Crippen LogP contribution < -0.4 is 20.7 Å². The fourth-order valence-electron chi connectivity index (χ4n) is 3.94. The van der Waals surface area contributed by atoms with Crippen LogP contribution in [0.1, 0.15) is 0 Å². The van der Waals surface area contributed by atoms with Crippen molar-refractivity contribution >= 4 is 17.7 Å². The third-order valence-electron chi connectivity index (χ3n) is 5.44. The van der Waals surface area contributed by atoms with Gasteiger partial charge in [0.25, 0.3) is 0 Å². The first kappa shape index (κ1) is 20.3. The Morgan fingerprint density at radius 2 is 1.94 bits per heavy atom. The van der Waals surface area contributed by atoms with Gasteiger partial charge in [-0.05, 0) is 30.3 Å². The first-order valence-electron chi connectivity index (χ1n) is 10.3. The maximum Gasteiger partial charge on any atom is 0.319 e. The number of urea groups is 1. The predicted octanol–water partition coefficient (Wildman–Crippen LogP) is 2.51. The van der Waals surface area contributed by atoms with Crippen LogP contribution in [-0.4, -0.2) is 60.6 Å². The lowest BCUT2D eigenvalue weighted by atomic mass is 10.1. The summed E-state index contributed by atoms with van der Waals surface area (Å²) in [5.41, 5.74) is 1.32. The van der Waals surface area contributed by atoms with Gasteiger partial charge < -0.3 is 34.6 Å². The summed E-state index contributed by atoms with van der Waals surface area (Å²) in [6.07, 6.45) is 2.78. The number of nitrogens with zero attached hydrogens (tertiary/aromatic N) is 2. The summed E-state index contributed by atoms with van der Waals surface area (Å²) in [6.45, 7) is 0.770. The van der Waals surface area contributed by atoms with Crippen molar-refractivity contribution in [3.8, 4) is 17.2 Å². The van der Waals surface area contributed by atoms with Gasteiger partial charge in [0.15, 0.2) is 5.76 Å². The maximum atomic E-state index is 12.5. The third kappa shape index (κ3) is 4.23. The summed E-state index contributed by atoms with van der Waals surface area (Å²) in [6, 6.07) is 11.8. The van der Waals surface area contributed by atoms with Crippen molar-refractivity contribution in [3.05, 3.63) is 54.9 Å². The fraction of sp³-hybridized carbons (Fsp3) is 0.318. The number of ether oxygens (including phenoxy) is 3. The summed E-state index contributed by atoms with van der Waals surface area (Å²) in [4.78, 5) is 21.3. The molecule has 0 bridgehead atoms. The van der Waals surface area contributed by atoms with E-state index in [0.29, 0.717) is 42.1 Å². The number of anilines is 2. The Labute approximate surface area is 184 Å². The Kier molecular flexibility index (Phi) is 5.61. The van der Waals surface area contributed by atoms with E-state index < -0.39 is 0 Å². The van der Waals surface area contributed by atoms with E-state index in [1.54, 1.807) is 37.8 Å². The van der Waals surface area contributed by atoms with E-state index in [-0.39, 0.29) is 30.3 Å². The molecule has 10 heteroatoms. The number of furan rings is 1. The number of amides is 2. The molecular formula is C22H23N5O5. The van der Waals surface area contributed by atoms with E-state index in [4.69, 9.17) is 18.6 Å². The van der Waals surface area contributed by atoms with Gasteiger partial charge in [0.1, 0.15) is 23.7 Å². The quantitative estimate of drug-likeness (QED) is 0.538. The number of nitrogens with one attached hydrogen (secondary N) is 3. The largest absolute Gasteiger partial charge is 0.497 e. The summed E-state index contributed by atoms with van der Waals surface area (Å²) in [5, 5.41) is 9.03. The molecule has 0 spiro atoms. The number of rotatable bonds is 6. The summed E-state index contributed by atoms with van der Waals surface area (Å²) in [7, 11) is 1.58. The molecule has 2 aliphatic heterocycles. The number of carbonyl (C=O) groups is 1. The van der Waals surface area contributed by atoms with Crippen LogP contribution in [0, 0.1) is 0 Å². The summed E-state index contributed by atoms with van der Waals surface area (Å²) >= 11 is 0. The highest BCUT2D eigenvalue weighted by Gasteiger charge is 2.48. The molecule has 5 rings (SSSR count). The highest BCUT2D eigenvalue weighted by Crippen LogP contribution is 2.29. The van der Waals surface area contributed by atoms with Gasteiger partial charge in [-0.1, -0.05) is 6.07 Å². The Morgan fingerprint density at radius 1 is 1.09 bits per heavy atom. The SMILES string of the molecule is COc1cccc(NC(=O)NC2COC3C(Nc4nccc(-c5ccco5)n4)COC23)c1. The van der Waals surface area contributed by atoms with E-state index >= 15 is 0 Å². The minimum atomic E-state index is -0.331. The topological polar surface area (TPSA) is 120 Å². The number of benzene rings is 1. The van der Waals surface area contributed by atoms with Gasteiger partial charge in [0, 0.05) is 18.0 Å². The zero-order chi connectivity index (χ0) is 21.9. The average Bonchev–Trinajstić information content (AvgIpc) is 3.55. The molecule has 4 unspecified atom stereocenters. The van der Waals surface area contributed by atoms with E-state index in [0.717, 1.165) is 0 Å². The molecule has 0 aliphatic carbocycles. The first-order valence-corrected chi connectivity index (χ1v) is 10.3. The van der Waals surface area contributed by atoms with Crippen LogP contribution in [0.3, 0.4) is 0 Å². The van der Waals surface area contributed by atoms with Crippen LogP contribution in [0.15, 0.2) is 59.3 Å². The van der Waals surface area contributed by atoms with Crippen molar-refractivity contribution in [2.45, 2.75) is 24.3 Å². The molecule has 2 fully saturated rings. The number of aromatic nitrogens is 2. The second kappa shape index (κ2) is 8.85. The summed E-state index contributed by atoms with van der Waals surface area (Å²) in [5.74, 6) is 1.79. The Morgan fingerprint density at radius 3 is 2.75 bits per heavy atom. The van der Waals surface area contributed by atoms with E-state index in [2.05, 4.69) is 25.9 Å². The molecule has 10 nitrogen and oxygen atoms in total. The second-order valence-electron chi connectivity index (χ2n) is 7.53. The van der Waals surface area contributed by atoms with Crippen molar-refractivity contribution in [3.63, 3.8) is 0 Å². The third-order valence-corrected chi connectivity index (χ3v) is 5.44. The minimum absolute atomic E-state index is 0.139. The van der Waals surface area contributed by atoms with Crippen molar-refractivity contribution in [2.24, 2.45) is 0 Å². The predicted molar refractivity (Wildman–Crippen MR) is 116 cm³/mol. The van der Waals surface area contributed by atoms with E-state index in [1.807, 2.05) is 24.3 Å². The lowest BCUT2D eigenvalue weighted by Gasteiger charge is -2.18. The van der Waals surface area contributed by atoms with Crippen molar-refractivity contribution in [2.75, 3.05) is 31.0 Å². The van der Waals surface area contributed by atoms with Crippen molar-refractivity contribution < 1.29 is 23.4 Å². The number of hydrogen-bond acceptors (Lipinski definition) is 8. The molecule has 4 heterocycles. The average molecular weight is 437 g/mol. The van der Waals surface area contributed by atoms with Gasteiger partial charge >= 0.3 is 6.03 Å². The first-order chi connectivity index (χ1) is 15.7. The van der Waals surface area contributed by atoms with Crippen LogP contribution in [0.25, 0.3) is 11.5 Å². The molecular weight excluding hydrogens is 414 g/mol. The van der Waals surface area contributed by atoms with Crippen LogP contribution in [-0.2, 0) is 9.47 Å². The molecule has 0 radical (unpaired) electrons. The number of carbonyl (C=O) groups excluding carboxylic acids is 1.